The van der Waals surface area contributed by atoms with E-state index in [9.17, 15) is 14.7 Å². The normalized spacial score (nSPS) is 10.4. The zero-order valence-electron chi connectivity index (χ0n) is 14.5. The van der Waals surface area contributed by atoms with Crippen molar-refractivity contribution in [3.05, 3.63) is 89.0 Å². The summed E-state index contributed by atoms with van der Waals surface area (Å²) in [5, 5.41) is 9.54. The van der Waals surface area contributed by atoms with Gasteiger partial charge >= 0.3 is 11.9 Å². The fourth-order valence-electron chi connectivity index (χ4n) is 2.78. The predicted octanol–water partition coefficient (Wildman–Crippen LogP) is 4.89. The quantitative estimate of drug-likeness (QED) is 0.540. The summed E-state index contributed by atoms with van der Waals surface area (Å²) in [6, 6.07) is 19.1. The van der Waals surface area contributed by atoms with Crippen LogP contribution in [0.1, 0.15) is 31.8 Å². The highest BCUT2D eigenvalue weighted by Gasteiger charge is 2.20. The fraction of sp³-hybridized carbons (Fsp3) is 0.0909. The Morgan fingerprint density at radius 2 is 1.31 bits per heavy atom. The fourth-order valence-corrected chi connectivity index (χ4v) is 2.78. The Morgan fingerprint density at radius 3 is 1.88 bits per heavy atom. The van der Waals surface area contributed by atoms with Gasteiger partial charge in [-0.1, -0.05) is 53.6 Å². The monoisotopic (exact) mass is 346 g/mol. The minimum atomic E-state index is -1.04. The first-order valence-corrected chi connectivity index (χ1v) is 8.18. The molecule has 0 radical (unpaired) electrons. The van der Waals surface area contributed by atoms with Gasteiger partial charge in [-0.3, -0.25) is 0 Å². The molecule has 0 saturated heterocycles. The Hall–Kier alpha value is -3.40. The lowest BCUT2D eigenvalue weighted by molar-refractivity contribution is 0.0694. The molecule has 0 aliphatic heterocycles. The van der Waals surface area contributed by atoms with Gasteiger partial charge in [-0.2, -0.15) is 0 Å². The molecule has 0 unspecified atom stereocenters. The van der Waals surface area contributed by atoms with Crippen molar-refractivity contribution in [2.75, 3.05) is 0 Å². The lowest BCUT2D eigenvalue weighted by atomic mass is 9.92. The topological polar surface area (TPSA) is 63.6 Å². The maximum atomic E-state index is 12.7. The molecule has 26 heavy (non-hydrogen) atoms. The number of rotatable bonds is 4. The number of carbonyl (C=O) groups excluding carboxylic acids is 1. The van der Waals surface area contributed by atoms with Gasteiger partial charge in [0.25, 0.3) is 0 Å². The van der Waals surface area contributed by atoms with Crippen LogP contribution in [0.4, 0.5) is 0 Å². The number of carbonyl (C=O) groups is 2. The Balaban J connectivity index is 2.12. The number of aryl methyl sites for hydroxylation is 2. The lowest BCUT2D eigenvalue weighted by Gasteiger charge is -2.13. The molecule has 3 rings (SSSR count). The Bertz CT molecular complexity index is 975. The van der Waals surface area contributed by atoms with Crippen LogP contribution in [0.15, 0.2) is 66.7 Å². The average molecular weight is 346 g/mol. The van der Waals surface area contributed by atoms with Crippen molar-refractivity contribution < 1.29 is 19.4 Å². The Labute approximate surface area is 151 Å². The molecular weight excluding hydrogens is 328 g/mol. The highest BCUT2D eigenvalue weighted by atomic mass is 16.5. The number of para-hydroxylation sites is 1. The molecule has 0 saturated carbocycles. The highest BCUT2D eigenvalue weighted by Crippen LogP contribution is 2.30. The van der Waals surface area contributed by atoms with Crippen LogP contribution in [-0.4, -0.2) is 17.0 Å². The van der Waals surface area contributed by atoms with Crippen molar-refractivity contribution in [3.63, 3.8) is 0 Å². The van der Waals surface area contributed by atoms with Crippen LogP contribution in [0, 0.1) is 13.8 Å². The molecule has 3 aromatic carbocycles. The molecular formula is C22H18O4. The molecule has 0 aromatic heterocycles. The first-order valence-electron chi connectivity index (χ1n) is 8.18. The van der Waals surface area contributed by atoms with Crippen molar-refractivity contribution in [1.29, 1.82) is 0 Å². The minimum Gasteiger partial charge on any atom is -0.478 e. The van der Waals surface area contributed by atoms with Gasteiger partial charge in [0.05, 0.1) is 11.1 Å². The number of esters is 1. The van der Waals surface area contributed by atoms with Gasteiger partial charge in [-0.05, 0) is 49.2 Å². The van der Waals surface area contributed by atoms with Crippen LogP contribution in [0.25, 0.3) is 11.1 Å². The number of carboxylic acid groups (broad SMARTS) is 1. The van der Waals surface area contributed by atoms with Gasteiger partial charge in [0.15, 0.2) is 0 Å². The summed E-state index contributed by atoms with van der Waals surface area (Å²) in [6.07, 6.45) is 0. The summed E-state index contributed by atoms with van der Waals surface area (Å²) >= 11 is 0. The van der Waals surface area contributed by atoms with E-state index in [-0.39, 0.29) is 5.56 Å². The van der Waals surface area contributed by atoms with Gasteiger partial charge in [0.2, 0.25) is 0 Å². The third-order valence-corrected chi connectivity index (χ3v) is 4.04. The van der Waals surface area contributed by atoms with Crippen molar-refractivity contribution >= 4 is 11.9 Å². The van der Waals surface area contributed by atoms with E-state index in [1.807, 2.05) is 26.0 Å². The second-order valence-corrected chi connectivity index (χ2v) is 6.11. The maximum absolute atomic E-state index is 12.7. The second kappa shape index (κ2) is 7.23. The number of aromatic carboxylic acids is 1. The first-order chi connectivity index (χ1) is 12.5. The summed E-state index contributed by atoms with van der Waals surface area (Å²) in [5.74, 6) is -1.13. The number of ether oxygens (including phenoxy) is 1. The summed E-state index contributed by atoms with van der Waals surface area (Å²) in [4.78, 5) is 24.4. The molecule has 130 valence electrons. The number of hydrogen-bond donors (Lipinski definition) is 1. The zero-order valence-corrected chi connectivity index (χ0v) is 14.5. The summed E-state index contributed by atoms with van der Waals surface area (Å²) in [5.41, 5.74) is 3.36. The molecule has 0 fully saturated rings. The van der Waals surface area contributed by atoms with Crippen LogP contribution in [0.3, 0.4) is 0 Å². The molecule has 0 bridgehead atoms. The molecule has 1 N–H and O–H groups in total. The van der Waals surface area contributed by atoms with Gasteiger partial charge in [-0.15, -0.1) is 0 Å². The number of benzene rings is 3. The average Bonchev–Trinajstić information content (AvgIpc) is 2.62. The van der Waals surface area contributed by atoms with Crippen LogP contribution < -0.4 is 4.74 Å². The van der Waals surface area contributed by atoms with Gasteiger partial charge in [0.1, 0.15) is 5.75 Å². The second-order valence-electron chi connectivity index (χ2n) is 6.11. The molecule has 4 nitrogen and oxygen atoms in total. The van der Waals surface area contributed by atoms with Gasteiger partial charge in [0, 0.05) is 0 Å². The van der Waals surface area contributed by atoms with Crippen molar-refractivity contribution in [3.8, 4) is 16.9 Å². The number of hydrogen-bond acceptors (Lipinski definition) is 3. The van der Waals surface area contributed by atoms with E-state index in [2.05, 4.69) is 0 Å². The smallest absolute Gasteiger partial charge is 0.344 e. The van der Waals surface area contributed by atoms with E-state index in [4.69, 9.17) is 4.74 Å². The van der Waals surface area contributed by atoms with Crippen LogP contribution in [-0.2, 0) is 0 Å². The largest absolute Gasteiger partial charge is 0.478 e. The molecule has 0 heterocycles. The van der Waals surface area contributed by atoms with E-state index in [0.717, 1.165) is 11.1 Å². The van der Waals surface area contributed by atoms with E-state index >= 15 is 0 Å². The molecule has 0 amide bonds. The molecule has 0 spiro atoms. The minimum absolute atomic E-state index is 0.148. The van der Waals surface area contributed by atoms with Crippen LogP contribution in [0.5, 0.6) is 5.75 Å². The van der Waals surface area contributed by atoms with Gasteiger partial charge < -0.3 is 9.84 Å². The first kappa shape index (κ1) is 17.4. The molecule has 4 heteroatoms. The third kappa shape index (κ3) is 3.64. The van der Waals surface area contributed by atoms with Crippen molar-refractivity contribution in [2.24, 2.45) is 0 Å². The van der Waals surface area contributed by atoms with Gasteiger partial charge in [-0.25, -0.2) is 9.59 Å². The summed E-state index contributed by atoms with van der Waals surface area (Å²) in [7, 11) is 0. The molecule has 3 aromatic rings. The maximum Gasteiger partial charge on any atom is 0.344 e. The van der Waals surface area contributed by atoms with Crippen LogP contribution >= 0.6 is 0 Å². The van der Waals surface area contributed by atoms with E-state index < -0.39 is 11.9 Å². The predicted molar refractivity (Wildman–Crippen MR) is 99.7 cm³/mol. The van der Waals surface area contributed by atoms with Crippen molar-refractivity contribution in [1.82, 2.24) is 0 Å². The summed E-state index contributed by atoms with van der Waals surface area (Å²) < 4.78 is 5.45. The summed E-state index contributed by atoms with van der Waals surface area (Å²) in [6.45, 7) is 3.78. The number of carboxylic acids is 1. The SMILES string of the molecule is Cc1ccc(C(=O)O)c(-c2cc(C)ccc2C(=O)Oc2ccccc2)c1. The van der Waals surface area contributed by atoms with Crippen LogP contribution in [0.2, 0.25) is 0 Å². The Morgan fingerprint density at radius 1 is 0.769 bits per heavy atom. The standard InChI is InChI=1S/C22H18O4/c1-14-8-10-17(21(23)24)19(12-14)20-13-15(2)9-11-18(20)22(25)26-16-6-4-3-5-7-16/h3-13H,1-2H3,(H,23,24). The molecule has 0 atom stereocenters. The third-order valence-electron chi connectivity index (χ3n) is 4.04. The molecule has 0 aliphatic carbocycles. The van der Waals surface area contributed by atoms with E-state index in [1.54, 1.807) is 54.6 Å². The van der Waals surface area contributed by atoms with E-state index in [0.29, 0.717) is 22.4 Å². The van der Waals surface area contributed by atoms with E-state index in [1.165, 1.54) is 0 Å². The highest BCUT2D eigenvalue weighted by molar-refractivity contribution is 6.03. The lowest BCUT2D eigenvalue weighted by Crippen LogP contribution is -2.11. The molecule has 0 aliphatic rings. The Kier molecular flexibility index (Phi) is 4.85. The zero-order chi connectivity index (χ0) is 18.7. The van der Waals surface area contributed by atoms with Crippen molar-refractivity contribution in [2.45, 2.75) is 13.8 Å².